The van der Waals surface area contributed by atoms with E-state index >= 15 is 0 Å². The minimum atomic E-state index is -1.11. The van der Waals surface area contributed by atoms with Crippen LogP contribution in [0.2, 0.25) is 0 Å². The third-order valence-corrected chi connectivity index (χ3v) is 3.78. The molecular formula is C14H18N2O. The molecule has 0 saturated heterocycles. The molecule has 17 heavy (non-hydrogen) atoms. The molecule has 1 unspecified atom stereocenters. The second-order valence-corrected chi connectivity index (χ2v) is 4.97. The van der Waals surface area contributed by atoms with Gasteiger partial charge in [0.15, 0.2) is 0 Å². The van der Waals surface area contributed by atoms with E-state index in [4.69, 9.17) is 0 Å². The summed E-state index contributed by atoms with van der Waals surface area (Å²) in [5.74, 6) is 0. The molecule has 1 atom stereocenters. The summed E-state index contributed by atoms with van der Waals surface area (Å²) in [6.07, 6.45) is 12.1. The van der Waals surface area contributed by atoms with Gasteiger partial charge in [0.2, 0.25) is 5.54 Å². The van der Waals surface area contributed by atoms with Crippen molar-refractivity contribution in [2.24, 2.45) is 5.18 Å². The van der Waals surface area contributed by atoms with Crippen LogP contribution in [0.3, 0.4) is 0 Å². The lowest BCUT2D eigenvalue weighted by Crippen LogP contribution is -2.27. The van der Waals surface area contributed by atoms with Crippen molar-refractivity contribution in [3.63, 3.8) is 0 Å². The van der Waals surface area contributed by atoms with Crippen molar-refractivity contribution in [2.45, 2.75) is 56.9 Å². The Bertz CT molecular complexity index is 403. The van der Waals surface area contributed by atoms with Crippen molar-refractivity contribution in [2.75, 3.05) is 0 Å². The largest absolute Gasteiger partial charge is 0.212 e. The standard InChI is InChI=1S/C14H18N2O/c15-11-14(16-17,13-8-4-5-9-13)10-12-6-2-1-3-7-12/h6,8H,1-5,7,9-10H2. The predicted molar refractivity (Wildman–Crippen MR) is 67.2 cm³/mol. The number of hydrogen-bond acceptors (Lipinski definition) is 3. The lowest BCUT2D eigenvalue weighted by Gasteiger charge is -2.23. The van der Waals surface area contributed by atoms with E-state index in [1.807, 2.05) is 6.08 Å². The smallest absolute Gasteiger partial charge is 0.195 e. The lowest BCUT2D eigenvalue weighted by atomic mass is 9.82. The fraction of sp³-hybridized carbons (Fsp3) is 0.643. The number of allylic oxidation sites excluding steroid dienone is 2. The zero-order chi connectivity index (χ0) is 12.1. The predicted octanol–water partition coefficient (Wildman–Crippen LogP) is 4.02. The van der Waals surface area contributed by atoms with E-state index in [1.165, 1.54) is 18.4 Å². The first-order valence-electron chi connectivity index (χ1n) is 6.44. The van der Waals surface area contributed by atoms with E-state index in [0.29, 0.717) is 6.42 Å². The first-order valence-corrected chi connectivity index (χ1v) is 6.44. The average Bonchev–Trinajstić information content (AvgIpc) is 2.92. The molecule has 0 saturated carbocycles. The maximum atomic E-state index is 11.2. The first-order chi connectivity index (χ1) is 8.30. The second-order valence-electron chi connectivity index (χ2n) is 4.97. The summed E-state index contributed by atoms with van der Waals surface area (Å²) in [7, 11) is 0. The second kappa shape index (κ2) is 5.27. The van der Waals surface area contributed by atoms with Gasteiger partial charge >= 0.3 is 0 Å². The Kier molecular flexibility index (Phi) is 3.73. The van der Waals surface area contributed by atoms with Gasteiger partial charge in [-0.05, 0) is 55.7 Å². The highest BCUT2D eigenvalue weighted by atomic mass is 16.3. The Balaban J connectivity index is 2.19. The molecule has 3 heteroatoms. The zero-order valence-corrected chi connectivity index (χ0v) is 10.1. The van der Waals surface area contributed by atoms with Crippen LogP contribution in [0.15, 0.2) is 28.5 Å². The number of hydrogen-bond donors (Lipinski definition) is 0. The van der Waals surface area contributed by atoms with Crippen LogP contribution in [0.1, 0.15) is 51.4 Å². The number of rotatable bonds is 4. The van der Waals surface area contributed by atoms with Crippen LogP contribution in [-0.2, 0) is 0 Å². The molecule has 0 aromatic rings. The summed E-state index contributed by atoms with van der Waals surface area (Å²) in [6, 6.07) is 2.17. The van der Waals surface area contributed by atoms with E-state index in [1.54, 1.807) is 0 Å². The molecule has 0 spiro atoms. The Hall–Kier alpha value is -1.43. The van der Waals surface area contributed by atoms with E-state index in [2.05, 4.69) is 17.3 Å². The number of nitroso groups, excluding NO2 is 1. The molecule has 0 radical (unpaired) electrons. The summed E-state index contributed by atoms with van der Waals surface area (Å²) in [5.41, 5.74) is 1.08. The van der Waals surface area contributed by atoms with Gasteiger partial charge in [-0.25, -0.2) is 0 Å². The quantitative estimate of drug-likeness (QED) is 0.541. The van der Waals surface area contributed by atoms with Gasteiger partial charge in [-0.2, -0.15) is 5.26 Å². The van der Waals surface area contributed by atoms with Crippen LogP contribution in [-0.4, -0.2) is 5.54 Å². The minimum Gasteiger partial charge on any atom is -0.195 e. The molecule has 0 aliphatic heterocycles. The molecule has 0 bridgehead atoms. The Morgan fingerprint density at radius 2 is 2.06 bits per heavy atom. The third-order valence-electron chi connectivity index (χ3n) is 3.78. The normalized spacial score (nSPS) is 23.2. The summed E-state index contributed by atoms with van der Waals surface area (Å²) in [4.78, 5) is 11.2. The lowest BCUT2D eigenvalue weighted by molar-refractivity contribution is 0.565. The molecule has 0 amide bonds. The van der Waals surface area contributed by atoms with Crippen LogP contribution >= 0.6 is 0 Å². The first kappa shape index (κ1) is 12.0. The summed E-state index contributed by atoms with van der Waals surface area (Å²) >= 11 is 0. The van der Waals surface area contributed by atoms with Crippen molar-refractivity contribution in [3.05, 3.63) is 28.2 Å². The summed E-state index contributed by atoms with van der Waals surface area (Å²) in [5, 5.41) is 12.5. The van der Waals surface area contributed by atoms with E-state index < -0.39 is 5.54 Å². The van der Waals surface area contributed by atoms with Gasteiger partial charge in [0, 0.05) is 6.42 Å². The minimum absolute atomic E-state index is 0.513. The van der Waals surface area contributed by atoms with Crippen LogP contribution in [0.5, 0.6) is 0 Å². The molecule has 0 aromatic heterocycles. The molecule has 2 rings (SSSR count). The van der Waals surface area contributed by atoms with Crippen molar-refractivity contribution >= 4 is 0 Å². The topological polar surface area (TPSA) is 53.2 Å². The fourth-order valence-electron chi connectivity index (χ4n) is 2.78. The fourth-order valence-corrected chi connectivity index (χ4v) is 2.78. The number of nitriles is 1. The maximum Gasteiger partial charge on any atom is 0.212 e. The third kappa shape index (κ3) is 2.46. The van der Waals surface area contributed by atoms with Crippen molar-refractivity contribution in [1.29, 1.82) is 5.26 Å². The summed E-state index contributed by atoms with van der Waals surface area (Å²) in [6.45, 7) is 0. The maximum absolute atomic E-state index is 11.2. The molecule has 90 valence electrons. The van der Waals surface area contributed by atoms with Crippen molar-refractivity contribution in [1.82, 2.24) is 0 Å². The van der Waals surface area contributed by atoms with Gasteiger partial charge < -0.3 is 0 Å². The van der Waals surface area contributed by atoms with Gasteiger partial charge in [0.1, 0.15) is 6.07 Å². The van der Waals surface area contributed by atoms with E-state index in [0.717, 1.165) is 37.7 Å². The molecule has 2 aliphatic rings. The molecular weight excluding hydrogens is 212 g/mol. The highest BCUT2D eigenvalue weighted by Crippen LogP contribution is 2.37. The molecule has 2 aliphatic carbocycles. The SMILES string of the molecule is N#CC(CC1=CCCCC1)(N=O)C1=CCCC1. The molecule has 0 fully saturated rings. The molecule has 0 heterocycles. The molecule has 0 aromatic carbocycles. The van der Waals surface area contributed by atoms with Gasteiger partial charge in [-0.15, -0.1) is 4.91 Å². The van der Waals surface area contributed by atoms with Gasteiger partial charge in [0.05, 0.1) is 0 Å². The van der Waals surface area contributed by atoms with E-state index in [9.17, 15) is 10.2 Å². The number of nitrogens with zero attached hydrogens (tertiary/aromatic N) is 2. The van der Waals surface area contributed by atoms with E-state index in [-0.39, 0.29) is 0 Å². The Morgan fingerprint density at radius 3 is 2.59 bits per heavy atom. The monoisotopic (exact) mass is 230 g/mol. The Labute approximate surface area is 102 Å². The average molecular weight is 230 g/mol. The van der Waals surface area contributed by atoms with Gasteiger partial charge in [-0.3, -0.25) is 0 Å². The van der Waals surface area contributed by atoms with Gasteiger partial charge in [-0.1, -0.05) is 17.7 Å². The van der Waals surface area contributed by atoms with Crippen LogP contribution in [0.4, 0.5) is 0 Å². The Morgan fingerprint density at radius 1 is 1.24 bits per heavy atom. The highest BCUT2D eigenvalue weighted by Gasteiger charge is 2.38. The van der Waals surface area contributed by atoms with Crippen LogP contribution in [0.25, 0.3) is 0 Å². The molecule has 0 N–H and O–H groups in total. The van der Waals surface area contributed by atoms with Crippen molar-refractivity contribution in [3.8, 4) is 6.07 Å². The van der Waals surface area contributed by atoms with Crippen LogP contribution in [0, 0.1) is 16.2 Å². The van der Waals surface area contributed by atoms with Crippen LogP contribution < -0.4 is 0 Å². The van der Waals surface area contributed by atoms with Crippen molar-refractivity contribution < 1.29 is 0 Å². The zero-order valence-electron chi connectivity index (χ0n) is 10.1. The van der Waals surface area contributed by atoms with Gasteiger partial charge in [0.25, 0.3) is 0 Å². The molecule has 3 nitrogen and oxygen atoms in total. The highest BCUT2D eigenvalue weighted by molar-refractivity contribution is 5.36. The summed E-state index contributed by atoms with van der Waals surface area (Å²) < 4.78 is 0.